The number of nitrogen functional groups attached to an aromatic ring is 1. The maximum atomic E-state index is 6.00. The van der Waals surface area contributed by atoms with E-state index in [9.17, 15) is 0 Å². The second-order valence-corrected chi connectivity index (χ2v) is 7.15. The molecule has 0 aromatic heterocycles. The smallest absolute Gasteiger partial charge is 0.142 e. The standard InChI is InChI=1S/C21H27N3O/c1-25-21-5-3-2-4-20(21)24-12-10-23(11-13-24)15-17-7-6-16-8-9-18(22)14-19(16)17/h2-5,8-9,14,17H,6-7,10-13,15,22H2,1H3. The van der Waals surface area contributed by atoms with Gasteiger partial charge in [0.25, 0.3) is 0 Å². The Morgan fingerprint density at radius 1 is 1.08 bits per heavy atom. The van der Waals surface area contributed by atoms with E-state index in [0.29, 0.717) is 5.92 Å². The zero-order valence-electron chi connectivity index (χ0n) is 14.9. The highest BCUT2D eigenvalue weighted by Gasteiger charge is 2.27. The lowest BCUT2D eigenvalue weighted by Crippen LogP contribution is -2.47. The number of hydrogen-bond acceptors (Lipinski definition) is 4. The molecule has 1 unspecified atom stereocenters. The van der Waals surface area contributed by atoms with E-state index < -0.39 is 0 Å². The molecule has 2 aromatic carbocycles. The molecule has 25 heavy (non-hydrogen) atoms. The summed E-state index contributed by atoms with van der Waals surface area (Å²) in [6.45, 7) is 5.46. The van der Waals surface area contributed by atoms with E-state index in [1.165, 1.54) is 29.7 Å². The van der Waals surface area contributed by atoms with E-state index in [4.69, 9.17) is 10.5 Å². The number of fused-ring (bicyclic) bond motifs is 1. The highest BCUT2D eigenvalue weighted by molar-refractivity contribution is 5.58. The summed E-state index contributed by atoms with van der Waals surface area (Å²) in [5, 5.41) is 0. The van der Waals surface area contributed by atoms with Crippen molar-refractivity contribution in [1.29, 1.82) is 0 Å². The van der Waals surface area contributed by atoms with Crippen LogP contribution in [0.2, 0.25) is 0 Å². The van der Waals surface area contributed by atoms with E-state index in [-0.39, 0.29) is 0 Å². The molecule has 2 N–H and O–H groups in total. The van der Waals surface area contributed by atoms with Crippen molar-refractivity contribution in [3.8, 4) is 5.75 Å². The van der Waals surface area contributed by atoms with Crippen LogP contribution in [0.15, 0.2) is 42.5 Å². The zero-order chi connectivity index (χ0) is 17.2. The predicted molar refractivity (Wildman–Crippen MR) is 104 cm³/mol. The fourth-order valence-electron chi connectivity index (χ4n) is 4.27. The first-order valence-corrected chi connectivity index (χ1v) is 9.23. The van der Waals surface area contributed by atoms with E-state index in [2.05, 4.69) is 34.1 Å². The van der Waals surface area contributed by atoms with Gasteiger partial charge in [0, 0.05) is 38.4 Å². The van der Waals surface area contributed by atoms with Gasteiger partial charge in [0.15, 0.2) is 0 Å². The largest absolute Gasteiger partial charge is 0.495 e. The summed E-state index contributed by atoms with van der Waals surface area (Å²) in [6, 6.07) is 14.8. The number of aryl methyl sites for hydroxylation is 1. The fraction of sp³-hybridized carbons (Fsp3) is 0.429. The number of piperazine rings is 1. The fourth-order valence-corrected chi connectivity index (χ4v) is 4.27. The molecule has 0 bridgehead atoms. The Balaban J connectivity index is 1.38. The number of para-hydroxylation sites is 2. The van der Waals surface area contributed by atoms with E-state index in [1.54, 1.807) is 7.11 Å². The van der Waals surface area contributed by atoms with Crippen molar-refractivity contribution in [2.45, 2.75) is 18.8 Å². The van der Waals surface area contributed by atoms with Gasteiger partial charge in [-0.3, -0.25) is 4.90 Å². The van der Waals surface area contributed by atoms with E-state index in [1.807, 2.05) is 18.2 Å². The molecule has 0 radical (unpaired) electrons. The second kappa shape index (κ2) is 6.96. The number of nitrogens with zero attached hydrogens (tertiary/aromatic N) is 2. The Kier molecular flexibility index (Phi) is 4.53. The molecule has 132 valence electrons. The molecule has 0 spiro atoms. The van der Waals surface area contributed by atoms with Gasteiger partial charge >= 0.3 is 0 Å². The summed E-state index contributed by atoms with van der Waals surface area (Å²) in [6.07, 6.45) is 2.45. The van der Waals surface area contributed by atoms with Crippen molar-refractivity contribution in [2.75, 3.05) is 50.5 Å². The quantitative estimate of drug-likeness (QED) is 0.871. The molecular formula is C21H27N3O. The summed E-state index contributed by atoms with van der Waals surface area (Å²) >= 11 is 0. The molecule has 2 aromatic rings. The molecular weight excluding hydrogens is 310 g/mol. The van der Waals surface area contributed by atoms with Crippen molar-refractivity contribution in [3.63, 3.8) is 0 Å². The van der Waals surface area contributed by atoms with Crippen molar-refractivity contribution < 1.29 is 4.74 Å². The Morgan fingerprint density at radius 2 is 1.88 bits per heavy atom. The third-order valence-corrected chi connectivity index (χ3v) is 5.65. The maximum absolute atomic E-state index is 6.00. The Bertz CT molecular complexity index is 738. The Hall–Kier alpha value is -2.20. The van der Waals surface area contributed by atoms with Gasteiger partial charge in [-0.15, -0.1) is 0 Å². The van der Waals surface area contributed by atoms with Crippen LogP contribution in [-0.2, 0) is 6.42 Å². The number of ether oxygens (including phenoxy) is 1. The number of rotatable bonds is 4. The Labute approximate surface area is 150 Å². The monoisotopic (exact) mass is 337 g/mol. The lowest BCUT2D eigenvalue weighted by atomic mass is 10.00. The van der Waals surface area contributed by atoms with Crippen LogP contribution >= 0.6 is 0 Å². The van der Waals surface area contributed by atoms with Crippen LogP contribution < -0.4 is 15.4 Å². The first kappa shape index (κ1) is 16.3. The molecule has 1 aliphatic heterocycles. The average Bonchev–Trinajstić information content (AvgIpc) is 3.04. The molecule has 0 saturated carbocycles. The first-order chi connectivity index (χ1) is 12.2. The van der Waals surface area contributed by atoms with Gasteiger partial charge in [-0.2, -0.15) is 0 Å². The molecule has 1 saturated heterocycles. The normalized spacial score (nSPS) is 20.5. The number of hydrogen-bond donors (Lipinski definition) is 1. The minimum atomic E-state index is 0.635. The molecule has 1 atom stereocenters. The molecule has 1 fully saturated rings. The molecule has 1 heterocycles. The third kappa shape index (κ3) is 3.31. The molecule has 4 nitrogen and oxygen atoms in total. The van der Waals surface area contributed by atoms with Crippen LogP contribution in [-0.4, -0.2) is 44.7 Å². The van der Waals surface area contributed by atoms with Crippen LogP contribution in [0.3, 0.4) is 0 Å². The summed E-state index contributed by atoms with van der Waals surface area (Å²) in [4.78, 5) is 5.05. The molecule has 4 rings (SSSR count). The predicted octanol–water partition coefficient (Wildman–Crippen LogP) is 3.13. The van der Waals surface area contributed by atoms with Crippen LogP contribution in [0.4, 0.5) is 11.4 Å². The van der Waals surface area contributed by atoms with Crippen LogP contribution in [0, 0.1) is 0 Å². The number of benzene rings is 2. The zero-order valence-corrected chi connectivity index (χ0v) is 14.9. The van der Waals surface area contributed by atoms with Crippen molar-refractivity contribution in [2.24, 2.45) is 0 Å². The maximum Gasteiger partial charge on any atom is 0.142 e. The summed E-state index contributed by atoms with van der Waals surface area (Å²) in [7, 11) is 1.75. The van der Waals surface area contributed by atoms with Crippen molar-refractivity contribution in [3.05, 3.63) is 53.6 Å². The first-order valence-electron chi connectivity index (χ1n) is 9.23. The number of anilines is 2. The van der Waals surface area contributed by atoms with Gasteiger partial charge < -0.3 is 15.4 Å². The Morgan fingerprint density at radius 3 is 2.68 bits per heavy atom. The average molecular weight is 337 g/mol. The topological polar surface area (TPSA) is 41.7 Å². The van der Waals surface area contributed by atoms with Gasteiger partial charge in [-0.05, 0) is 54.2 Å². The summed E-state index contributed by atoms with van der Waals surface area (Å²) in [5.41, 5.74) is 11.1. The van der Waals surface area contributed by atoms with Crippen molar-refractivity contribution >= 4 is 11.4 Å². The van der Waals surface area contributed by atoms with Crippen LogP contribution in [0.1, 0.15) is 23.5 Å². The minimum absolute atomic E-state index is 0.635. The number of nitrogens with two attached hydrogens (primary N) is 1. The molecule has 4 heteroatoms. The number of methoxy groups -OCH3 is 1. The van der Waals surface area contributed by atoms with Gasteiger partial charge in [0.1, 0.15) is 5.75 Å². The van der Waals surface area contributed by atoms with Gasteiger partial charge in [-0.1, -0.05) is 18.2 Å². The lowest BCUT2D eigenvalue weighted by Gasteiger charge is -2.37. The third-order valence-electron chi connectivity index (χ3n) is 5.65. The molecule has 1 aliphatic carbocycles. The van der Waals surface area contributed by atoms with Gasteiger partial charge in [0.2, 0.25) is 0 Å². The lowest BCUT2D eigenvalue weighted by molar-refractivity contribution is 0.241. The highest BCUT2D eigenvalue weighted by atomic mass is 16.5. The summed E-state index contributed by atoms with van der Waals surface area (Å²) in [5.74, 6) is 1.60. The summed E-state index contributed by atoms with van der Waals surface area (Å²) < 4.78 is 5.52. The SMILES string of the molecule is COc1ccccc1N1CCN(CC2CCc3ccc(N)cc32)CC1. The van der Waals surface area contributed by atoms with Gasteiger partial charge in [-0.25, -0.2) is 0 Å². The van der Waals surface area contributed by atoms with Crippen LogP contribution in [0.25, 0.3) is 0 Å². The minimum Gasteiger partial charge on any atom is -0.495 e. The van der Waals surface area contributed by atoms with Crippen molar-refractivity contribution in [1.82, 2.24) is 4.90 Å². The second-order valence-electron chi connectivity index (χ2n) is 7.15. The van der Waals surface area contributed by atoms with E-state index >= 15 is 0 Å². The van der Waals surface area contributed by atoms with Crippen LogP contribution in [0.5, 0.6) is 5.75 Å². The molecule has 0 amide bonds. The highest BCUT2D eigenvalue weighted by Crippen LogP contribution is 2.35. The van der Waals surface area contributed by atoms with E-state index in [0.717, 1.165) is 44.2 Å². The van der Waals surface area contributed by atoms with Gasteiger partial charge in [0.05, 0.1) is 12.8 Å². The molecule has 2 aliphatic rings.